The first kappa shape index (κ1) is 18.9. The van der Waals surface area contributed by atoms with Gasteiger partial charge in [-0.3, -0.25) is 4.72 Å². The van der Waals surface area contributed by atoms with Crippen molar-refractivity contribution in [3.63, 3.8) is 0 Å². The fourth-order valence-electron chi connectivity index (χ4n) is 2.69. The summed E-state index contributed by atoms with van der Waals surface area (Å²) < 4.78 is 41.6. The highest BCUT2D eigenvalue weighted by Gasteiger charge is 2.19. The third-order valence-electron chi connectivity index (χ3n) is 4.08. The fraction of sp³-hybridized carbons (Fsp3) is 0. The van der Waals surface area contributed by atoms with Gasteiger partial charge in [0.1, 0.15) is 13.7 Å². The van der Waals surface area contributed by atoms with Crippen LogP contribution in [-0.4, -0.2) is 26.2 Å². The number of sulfonamides is 1. The minimum atomic E-state index is -3.94. The number of para-hydroxylation sites is 2. The summed E-state index contributed by atoms with van der Waals surface area (Å²) in [5.41, 5.74) is 1.92. The standard InChI is InChI=1S/C20H14BFN4O2S/c21-13-8-10-16(11-9-13)29(27,28)26-20-19(23-15-5-3-4-14(22)12-15)24-17-6-1-2-7-18(17)25-20/h1-12H,(H,23,24)(H,25,26). The van der Waals surface area contributed by atoms with E-state index in [0.29, 0.717) is 22.2 Å². The van der Waals surface area contributed by atoms with Gasteiger partial charge in [0, 0.05) is 5.69 Å². The Morgan fingerprint density at radius 3 is 2.14 bits per heavy atom. The summed E-state index contributed by atoms with van der Waals surface area (Å²) in [6, 6.07) is 18.6. The van der Waals surface area contributed by atoms with E-state index in [0.717, 1.165) is 0 Å². The van der Waals surface area contributed by atoms with Crippen LogP contribution in [0.25, 0.3) is 11.0 Å². The van der Waals surface area contributed by atoms with Crippen LogP contribution in [-0.2, 0) is 10.0 Å². The average molecular weight is 404 g/mol. The Bertz CT molecular complexity index is 1300. The maximum atomic E-state index is 13.6. The van der Waals surface area contributed by atoms with Crippen molar-refractivity contribution in [1.82, 2.24) is 9.97 Å². The Labute approximate surface area is 168 Å². The highest BCUT2D eigenvalue weighted by atomic mass is 32.2. The van der Waals surface area contributed by atoms with E-state index in [4.69, 9.17) is 7.85 Å². The zero-order valence-corrected chi connectivity index (χ0v) is 15.8. The summed E-state index contributed by atoms with van der Waals surface area (Å²) in [6.45, 7) is 0. The fourth-order valence-corrected chi connectivity index (χ4v) is 3.70. The van der Waals surface area contributed by atoms with Crippen LogP contribution in [0.4, 0.5) is 21.7 Å². The predicted molar refractivity (Wildman–Crippen MR) is 112 cm³/mol. The summed E-state index contributed by atoms with van der Waals surface area (Å²) in [5.74, 6) is -0.300. The molecule has 2 radical (unpaired) electrons. The number of rotatable bonds is 5. The van der Waals surface area contributed by atoms with Crippen LogP contribution in [0.2, 0.25) is 0 Å². The number of halogens is 1. The van der Waals surface area contributed by atoms with Gasteiger partial charge in [-0.15, -0.1) is 0 Å². The number of fused-ring (bicyclic) bond motifs is 1. The topological polar surface area (TPSA) is 84.0 Å². The first-order chi connectivity index (χ1) is 13.9. The molecule has 1 heterocycles. The SMILES string of the molecule is [B]c1ccc(S(=O)(=O)Nc2nc3ccccc3nc2Nc2cccc(F)c2)cc1. The molecule has 0 amide bonds. The number of benzene rings is 3. The molecule has 4 aromatic rings. The van der Waals surface area contributed by atoms with Crippen molar-refractivity contribution in [2.45, 2.75) is 4.90 Å². The second-order valence-electron chi connectivity index (χ2n) is 6.22. The summed E-state index contributed by atoms with van der Waals surface area (Å²) in [6.07, 6.45) is 0. The van der Waals surface area contributed by atoms with E-state index in [1.807, 2.05) is 0 Å². The van der Waals surface area contributed by atoms with E-state index in [9.17, 15) is 12.8 Å². The molecule has 29 heavy (non-hydrogen) atoms. The summed E-state index contributed by atoms with van der Waals surface area (Å²) >= 11 is 0. The molecule has 1 aromatic heterocycles. The first-order valence-corrected chi connectivity index (χ1v) is 10.1. The van der Waals surface area contributed by atoms with Gasteiger partial charge >= 0.3 is 0 Å². The number of nitrogens with zero attached hydrogens (tertiary/aromatic N) is 2. The van der Waals surface area contributed by atoms with Crippen LogP contribution >= 0.6 is 0 Å². The van der Waals surface area contributed by atoms with E-state index in [1.165, 1.54) is 42.5 Å². The number of anilines is 3. The molecule has 0 aliphatic rings. The van der Waals surface area contributed by atoms with Crippen LogP contribution in [0.1, 0.15) is 0 Å². The molecule has 0 spiro atoms. The van der Waals surface area contributed by atoms with E-state index >= 15 is 0 Å². The van der Waals surface area contributed by atoms with Gasteiger partial charge in [0.25, 0.3) is 10.0 Å². The Morgan fingerprint density at radius 2 is 1.48 bits per heavy atom. The van der Waals surface area contributed by atoms with Crippen molar-refractivity contribution in [2.24, 2.45) is 0 Å². The van der Waals surface area contributed by atoms with Gasteiger partial charge < -0.3 is 5.32 Å². The molecule has 9 heteroatoms. The van der Waals surface area contributed by atoms with E-state index in [-0.39, 0.29) is 16.5 Å². The van der Waals surface area contributed by atoms with Crippen molar-refractivity contribution < 1.29 is 12.8 Å². The maximum Gasteiger partial charge on any atom is 0.263 e. The highest BCUT2D eigenvalue weighted by Crippen LogP contribution is 2.27. The molecule has 0 atom stereocenters. The molecule has 0 saturated carbocycles. The first-order valence-electron chi connectivity index (χ1n) is 8.58. The van der Waals surface area contributed by atoms with Crippen LogP contribution in [0.3, 0.4) is 0 Å². The zero-order chi connectivity index (χ0) is 20.4. The molecule has 6 nitrogen and oxygen atoms in total. The Balaban J connectivity index is 1.78. The molecule has 4 rings (SSSR count). The lowest BCUT2D eigenvalue weighted by molar-refractivity contribution is 0.601. The van der Waals surface area contributed by atoms with Crippen molar-refractivity contribution in [3.05, 3.63) is 78.6 Å². The smallest absolute Gasteiger partial charge is 0.263 e. The zero-order valence-electron chi connectivity index (χ0n) is 15.0. The normalized spacial score (nSPS) is 11.3. The molecule has 142 valence electrons. The van der Waals surface area contributed by atoms with Crippen molar-refractivity contribution in [1.29, 1.82) is 0 Å². The number of hydrogen-bond acceptors (Lipinski definition) is 5. The van der Waals surface area contributed by atoms with Gasteiger partial charge in [-0.05, 0) is 42.5 Å². The van der Waals surface area contributed by atoms with Gasteiger partial charge in [0.05, 0.1) is 15.9 Å². The van der Waals surface area contributed by atoms with Crippen LogP contribution in [0.5, 0.6) is 0 Å². The Hall–Kier alpha value is -3.46. The number of hydrogen-bond donors (Lipinski definition) is 2. The van der Waals surface area contributed by atoms with Crippen molar-refractivity contribution in [2.75, 3.05) is 10.0 Å². The number of nitrogens with one attached hydrogen (secondary N) is 2. The summed E-state index contributed by atoms with van der Waals surface area (Å²) in [5, 5.41) is 2.93. The Kier molecular flexibility index (Phi) is 4.90. The second kappa shape index (κ2) is 7.52. The molecule has 0 bridgehead atoms. The lowest BCUT2D eigenvalue weighted by atomic mass is 9.97. The number of aromatic nitrogens is 2. The quantitative estimate of drug-likeness (QED) is 0.500. The lowest BCUT2D eigenvalue weighted by Crippen LogP contribution is -2.16. The third-order valence-corrected chi connectivity index (χ3v) is 5.43. The molecule has 0 fully saturated rings. The molecule has 0 aliphatic heterocycles. The van der Waals surface area contributed by atoms with Gasteiger partial charge in [-0.25, -0.2) is 22.8 Å². The highest BCUT2D eigenvalue weighted by molar-refractivity contribution is 7.92. The monoisotopic (exact) mass is 404 g/mol. The lowest BCUT2D eigenvalue weighted by Gasteiger charge is -2.14. The van der Waals surface area contributed by atoms with E-state index in [2.05, 4.69) is 20.0 Å². The van der Waals surface area contributed by atoms with Gasteiger partial charge in [-0.2, -0.15) is 0 Å². The van der Waals surface area contributed by atoms with Crippen molar-refractivity contribution in [3.8, 4) is 0 Å². The van der Waals surface area contributed by atoms with Gasteiger partial charge in [0.15, 0.2) is 11.6 Å². The van der Waals surface area contributed by atoms with Crippen LogP contribution < -0.4 is 15.5 Å². The third kappa shape index (κ3) is 4.19. The molecule has 0 aliphatic carbocycles. The van der Waals surface area contributed by atoms with E-state index in [1.54, 1.807) is 30.3 Å². The van der Waals surface area contributed by atoms with Crippen molar-refractivity contribution >= 4 is 51.7 Å². The average Bonchev–Trinajstić information content (AvgIpc) is 2.68. The minimum Gasteiger partial charge on any atom is -0.337 e. The summed E-state index contributed by atoms with van der Waals surface area (Å²) in [4.78, 5) is 8.86. The van der Waals surface area contributed by atoms with E-state index < -0.39 is 15.8 Å². The molecular weight excluding hydrogens is 390 g/mol. The Morgan fingerprint density at radius 1 is 0.828 bits per heavy atom. The maximum absolute atomic E-state index is 13.6. The van der Waals surface area contributed by atoms with Gasteiger partial charge in [-0.1, -0.05) is 35.8 Å². The molecular formula is C20H14BFN4O2S. The van der Waals surface area contributed by atoms with Crippen LogP contribution in [0, 0.1) is 5.82 Å². The molecule has 2 N–H and O–H groups in total. The molecule has 0 unspecified atom stereocenters. The molecule has 0 saturated heterocycles. The largest absolute Gasteiger partial charge is 0.337 e. The minimum absolute atomic E-state index is 0.00946. The predicted octanol–water partition coefficient (Wildman–Crippen LogP) is 3.11. The summed E-state index contributed by atoms with van der Waals surface area (Å²) in [7, 11) is 1.68. The second-order valence-corrected chi connectivity index (χ2v) is 7.90. The molecule has 3 aromatic carbocycles. The van der Waals surface area contributed by atoms with Crippen LogP contribution in [0.15, 0.2) is 77.7 Å². The van der Waals surface area contributed by atoms with Gasteiger partial charge in [0.2, 0.25) is 0 Å².